The molecule has 0 aliphatic rings. The van der Waals surface area contributed by atoms with Crippen LogP contribution in [0.3, 0.4) is 0 Å². The van der Waals surface area contributed by atoms with Crippen molar-refractivity contribution < 1.29 is 14.3 Å². The van der Waals surface area contributed by atoms with E-state index < -0.39 is 0 Å². The molecule has 0 radical (unpaired) electrons. The number of benzene rings is 1. The first kappa shape index (κ1) is 17.6. The zero-order chi connectivity index (χ0) is 14.4. The molecular weight excluding hydrogens is 314 g/mol. The number of thiazole rings is 1. The number of methoxy groups -OCH3 is 2. The number of anilines is 1. The monoisotopic (exact) mass is 331 g/mol. The Morgan fingerprint density at radius 2 is 2.19 bits per heavy atom. The number of rotatable bonds is 7. The van der Waals surface area contributed by atoms with Crippen molar-refractivity contribution in [2.75, 3.05) is 39.2 Å². The lowest BCUT2D eigenvalue weighted by Gasteiger charge is -2.03. The standard InChI is InChI=1S/C13H17N3O3S.ClH/c1-18-6-5-14-8-12(17)16-13-15-10-4-3-9(19-2)7-11(10)20-13;/h3-4,7,14H,5-6,8H2,1-2H3,(H,15,16,17);1H. The van der Waals surface area contributed by atoms with Gasteiger partial charge in [0.05, 0.1) is 30.5 Å². The van der Waals surface area contributed by atoms with Crippen LogP contribution in [0.2, 0.25) is 0 Å². The van der Waals surface area contributed by atoms with Crippen molar-refractivity contribution in [2.45, 2.75) is 0 Å². The molecule has 0 atom stereocenters. The summed E-state index contributed by atoms with van der Waals surface area (Å²) in [6, 6.07) is 5.62. The van der Waals surface area contributed by atoms with Crippen LogP contribution in [0.15, 0.2) is 18.2 Å². The highest BCUT2D eigenvalue weighted by molar-refractivity contribution is 7.22. The maximum Gasteiger partial charge on any atom is 0.240 e. The lowest BCUT2D eigenvalue weighted by molar-refractivity contribution is -0.115. The van der Waals surface area contributed by atoms with Crippen molar-refractivity contribution in [2.24, 2.45) is 0 Å². The zero-order valence-electron chi connectivity index (χ0n) is 11.8. The van der Waals surface area contributed by atoms with E-state index in [9.17, 15) is 4.79 Å². The first-order chi connectivity index (χ1) is 9.72. The second-order valence-corrected chi connectivity index (χ2v) is 5.10. The summed E-state index contributed by atoms with van der Waals surface area (Å²) >= 11 is 1.42. The highest BCUT2D eigenvalue weighted by atomic mass is 35.5. The van der Waals surface area contributed by atoms with E-state index in [0.29, 0.717) is 18.3 Å². The molecule has 0 unspecified atom stereocenters. The molecule has 21 heavy (non-hydrogen) atoms. The summed E-state index contributed by atoms with van der Waals surface area (Å²) in [6.07, 6.45) is 0. The van der Waals surface area contributed by atoms with Crippen molar-refractivity contribution in [3.8, 4) is 5.75 Å². The van der Waals surface area contributed by atoms with E-state index in [0.717, 1.165) is 16.0 Å². The van der Waals surface area contributed by atoms with Crippen LogP contribution in [0.25, 0.3) is 10.2 Å². The van der Waals surface area contributed by atoms with Gasteiger partial charge in [-0.15, -0.1) is 12.4 Å². The van der Waals surface area contributed by atoms with E-state index in [-0.39, 0.29) is 24.9 Å². The highest BCUT2D eigenvalue weighted by Crippen LogP contribution is 2.28. The number of carbonyl (C=O) groups excluding carboxylic acids is 1. The Morgan fingerprint density at radius 1 is 1.38 bits per heavy atom. The molecule has 2 aromatic rings. The average Bonchev–Trinajstić information content (AvgIpc) is 2.84. The third-order valence-corrected chi connectivity index (χ3v) is 3.54. The van der Waals surface area contributed by atoms with Gasteiger partial charge in [0.2, 0.25) is 5.91 Å². The average molecular weight is 332 g/mol. The van der Waals surface area contributed by atoms with E-state index in [2.05, 4.69) is 15.6 Å². The van der Waals surface area contributed by atoms with Crippen molar-refractivity contribution in [1.82, 2.24) is 10.3 Å². The van der Waals surface area contributed by atoms with Crippen molar-refractivity contribution >= 4 is 45.0 Å². The van der Waals surface area contributed by atoms with Gasteiger partial charge in [0, 0.05) is 13.7 Å². The number of hydrogen-bond donors (Lipinski definition) is 2. The summed E-state index contributed by atoms with van der Waals surface area (Å²) in [5, 5.41) is 6.34. The molecule has 8 heteroatoms. The van der Waals surface area contributed by atoms with Crippen LogP contribution in [0.1, 0.15) is 0 Å². The van der Waals surface area contributed by atoms with Crippen LogP contribution in [-0.4, -0.2) is 44.8 Å². The smallest absolute Gasteiger partial charge is 0.240 e. The minimum absolute atomic E-state index is 0. The molecule has 0 aliphatic heterocycles. The molecule has 1 aromatic carbocycles. The summed E-state index contributed by atoms with van der Waals surface area (Å²) in [5.41, 5.74) is 0.846. The molecule has 2 rings (SSSR count). The normalized spacial score (nSPS) is 10.2. The van der Waals surface area contributed by atoms with Gasteiger partial charge in [0.15, 0.2) is 5.13 Å². The van der Waals surface area contributed by atoms with Gasteiger partial charge >= 0.3 is 0 Å². The van der Waals surface area contributed by atoms with Gasteiger partial charge in [0.1, 0.15) is 5.75 Å². The number of nitrogens with one attached hydrogen (secondary N) is 2. The van der Waals surface area contributed by atoms with Crippen molar-refractivity contribution in [3.05, 3.63) is 18.2 Å². The molecule has 0 saturated carbocycles. The fraction of sp³-hybridized carbons (Fsp3) is 0.385. The molecule has 0 saturated heterocycles. The van der Waals surface area contributed by atoms with Crippen LogP contribution in [-0.2, 0) is 9.53 Å². The van der Waals surface area contributed by atoms with Gasteiger partial charge in [-0.3, -0.25) is 4.79 Å². The highest BCUT2D eigenvalue weighted by Gasteiger charge is 2.08. The maximum atomic E-state index is 11.7. The molecule has 1 amide bonds. The predicted octanol–water partition coefficient (Wildman–Crippen LogP) is 1.90. The SMILES string of the molecule is COCCNCC(=O)Nc1nc2ccc(OC)cc2s1.Cl. The van der Waals surface area contributed by atoms with Crippen molar-refractivity contribution in [3.63, 3.8) is 0 Å². The van der Waals surface area contributed by atoms with Crippen LogP contribution >= 0.6 is 23.7 Å². The van der Waals surface area contributed by atoms with Gasteiger partial charge in [-0.2, -0.15) is 0 Å². The van der Waals surface area contributed by atoms with Gasteiger partial charge in [-0.1, -0.05) is 11.3 Å². The number of carbonyl (C=O) groups is 1. The van der Waals surface area contributed by atoms with Crippen LogP contribution in [0.4, 0.5) is 5.13 Å². The molecule has 116 valence electrons. The topological polar surface area (TPSA) is 72.5 Å². The number of ether oxygens (including phenoxy) is 2. The summed E-state index contributed by atoms with van der Waals surface area (Å²) in [7, 11) is 3.24. The van der Waals surface area contributed by atoms with Crippen LogP contribution < -0.4 is 15.4 Å². The molecular formula is C13H18ClN3O3S. The first-order valence-corrected chi connectivity index (χ1v) is 6.98. The van der Waals surface area contributed by atoms with Crippen LogP contribution in [0.5, 0.6) is 5.75 Å². The van der Waals surface area contributed by atoms with Gasteiger partial charge in [-0.05, 0) is 18.2 Å². The summed E-state index contributed by atoms with van der Waals surface area (Å²) in [4.78, 5) is 16.1. The lowest BCUT2D eigenvalue weighted by Crippen LogP contribution is -2.30. The minimum Gasteiger partial charge on any atom is -0.497 e. The molecule has 2 N–H and O–H groups in total. The molecule has 1 aromatic heterocycles. The summed E-state index contributed by atoms with van der Waals surface area (Å²) in [6.45, 7) is 1.46. The van der Waals surface area contributed by atoms with E-state index >= 15 is 0 Å². The number of halogens is 1. The van der Waals surface area contributed by atoms with Crippen molar-refractivity contribution in [1.29, 1.82) is 0 Å². The molecule has 0 aliphatic carbocycles. The minimum atomic E-state index is -0.118. The van der Waals surface area contributed by atoms with Gasteiger partial charge in [-0.25, -0.2) is 4.98 Å². The second kappa shape index (κ2) is 8.78. The Balaban J connectivity index is 0.00000220. The number of fused-ring (bicyclic) bond motifs is 1. The number of nitrogens with zero attached hydrogens (tertiary/aromatic N) is 1. The maximum absolute atomic E-state index is 11.7. The lowest BCUT2D eigenvalue weighted by atomic mass is 10.3. The predicted molar refractivity (Wildman–Crippen MR) is 86.8 cm³/mol. The fourth-order valence-electron chi connectivity index (χ4n) is 1.62. The Labute approximate surface area is 133 Å². The van der Waals surface area contributed by atoms with Crippen LogP contribution in [0, 0.1) is 0 Å². The Kier molecular flexibility index (Phi) is 7.38. The van der Waals surface area contributed by atoms with E-state index in [1.165, 1.54) is 11.3 Å². The largest absolute Gasteiger partial charge is 0.497 e. The van der Waals surface area contributed by atoms with Gasteiger partial charge in [0.25, 0.3) is 0 Å². The third kappa shape index (κ3) is 5.13. The zero-order valence-corrected chi connectivity index (χ0v) is 13.5. The Hall–Kier alpha value is -1.41. The summed E-state index contributed by atoms with van der Waals surface area (Å²) < 4.78 is 11.0. The molecule has 0 fully saturated rings. The number of aromatic nitrogens is 1. The summed E-state index contributed by atoms with van der Waals surface area (Å²) in [5.74, 6) is 0.660. The van der Waals surface area contributed by atoms with E-state index in [1.54, 1.807) is 14.2 Å². The number of amides is 1. The Bertz CT molecular complexity index is 591. The third-order valence-electron chi connectivity index (χ3n) is 2.61. The number of hydrogen-bond acceptors (Lipinski definition) is 6. The second-order valence-electron chi connectivity index (χ2n) is 4.07. The van der Waals surface area contributed by atoms with E-state index in [1.807, 2.05) is 18.2 Å². The molecule has 0 spiro atoms. The fourth-order valence-corrected chi connectivity index (χ4v) is 2.54. The molecule has 6 nitrogen and oxygen atoms in total. The quantitative estimate of drug-likeness (QED) is 0.758. The van der Waals surface area contributed by atoms with E-state index in [4.69, 9.17) is 9.47 Å². The molecule has 0 bridgehead atoms. The first-order valence-electron chi connectivity index (χ1n) is 6.17. The Morgan fingerprint density at radius 3 is 2.90 bits per heavy atom. The van der Waals surface area contributed by atoms with Gasteiger partial charge < -0.3 is 20.1 Å². The molecule has 1 heterocycles.